The van der Waals surface area contributed by atoms with Crippen LogP contribution in [0.2, 0.25) is 5.02 Å². The molecular formula is C17H16ClN3O5. The number of halogens is 1. The molecule has 0 heterocycles. The Morgan fingerprint density at radius 1 is 1.23 bits per heavy atom. The third kappa shape index (κ3) is 4.70. The van der Waals surface area contributed by atoms with Gasteiger partial charge >= 0.3 is 0 Å². The average molecular weight is 378 g/mol. The second-order valence-electron chi connectivity index (χ2n) is 5.34. The van der Waals surface area contributed by atoms with Crippen LogP contribution in [0, 0.1) is 10.1 Å². The van der Waals surface area contributed by atoms with E-state index in [2.05, 4.69) is 10.6 Å². The van der Waals surface area contributed by atoms with E-state index in [-0.39, 0.29) is 11.3 Å². The van der Waals surface area contributed by atoms with Gasteiger partial charge in [-0.05, 0) is 31.2 Å². The van der Waals surface area contributed by atoms with Crippen LogP contribution in [0.1, 0.15) is 17.3 Å². The summed E-state index contributed by atoms with van der Waals surface area (Å²) in [6, 6.07) is 9.08. The molecule has 0 aliphatic heterocycles. The van der Waals surface area contributed by atoms with Crippen LogP contribution in [-0.4, -0.2) is 29.9 Å². The Morgan fingerprint density at radius 3 is 2.62 bits per heavy atom. The van der Waals surface area contributed by atoms with Crippen LogP contribution in [0.5, 0.6) is 5.75 Å². The molecule has 0 spiro atoms. The molecule has 2 amide bonds. The highest BCUT2D eigenvalue weighted by Gasteiger charge is 2.19. The molecule has 2 aromatic rings. The zero-order valence-corrected chi connectivity index (χ0v) is 14.7. The quantitative estimate of drug-likeness (QED) is 0.593. The number of methoxy groups -OCH3 is 1. The molecule has 2 N–H and O–H groups in total. The Balaban J connectivity index is 2.07. The first-order valence-electron chi connectivity index (χ1n) is 7.51. The predicted octanol–water partition coefficient (Wildman–Crippen LogP) is 3.01. The van der Waals surface area contributed by atoms with Crippen LogP contribution in [0.15, 0.2) is 42.5 Å². The normalized spacial score (nSPS) is 11.3. The molecule has 0 radical (unpaired) electrons. The predicted molar refractivity (Wildman–Crippen MR) is 96.7 cm³/mol. The summed E-state index contributed by atoms with van der Waals surface area (Å²) in [4.78, 5) is 34.7. The summed E-state index contributed by atoms with van der Waals surface area (Å²) in [7, 11) is 1.45. The van der Waals surface area contributed by atoms with Crippen LogP contribution in [0.4, 0.5) is 11.4 Å². The molecule has 0 bridgehead atoms. The van der Waals surface area contributed by atoms with Gasteiger partial charge in [-0.15, -0.1) is 0 Å². The van der Waals surface area contributed by atoms with Gasteiger partial charge in [-0.25, -0.2) is 0 Å². The highest BCUT2D eigenvalue weighted by atomic mass is 35.5. The molecule has 136 valence electrons. The minimum Gasteiger partial charge on any atom is -0.495 e. The first-order valence-corrected chi connectivity index (χ1v) is 7.89. The highest BCUT2D eigenvalue weighted by Crippen LogP contribution is 2.27. The van der Waals surface area contributed by atoms with E-state index in [1.54, 1.807) is 12.1 Å². The van der Waals surface area contributed by atoms with Gasteiger partial charge < -0.3 is 15.4 Å². The third-order valence-corrected chi connectivity index (χ3v) is 3.71. The number of nitrogens with one attached hydrogen (secondary N) is 2. The second kappa shape index (κ2) is 8.30. The molecule has 26 heavy (non-hydrogen) atoms. The van der Waals surface area contributed by atoms with Gasteiger partial charge in [0.05, 0.1) is 17.7 Å². The number of non-ortho nitro benzene ring substituents is 1. The fourth-order valence-electron chi connectivity index (χ4n) is 2.13. The van der Waals surface area contributed by atoms with Gasteiger partial charge in [0.1, 0.15) is 11.8 Å². The maximum Gasteiger partial charge on any atom is 0.270 e. The van der Waals surface area contributed by atoms with Gasteiger partial charge in [-0.2, -0.15) is 0 Å². The number of amides is 2. The van der Waals surface area contributed by atoms with Gasteiger partial charge in [-0.1, -0.05) is 17.7 Å². The summed E-state index contributed by atoms with van der Waals surface area (Å²) in [5.74, 6) is -0.682. The fraction of sp³-hybridized carbons (Fsp3) is 0.176. The Kier molecular flexibility index (Phi) is 6.13. The lowest BCUT2D eigenvalue weighted by Gasteiger charge is -2.16. The largest absolute Gasteiger partial charge is 0.495 e. The molecule has 0 saturated heterocycles. The number of carbonyl (C=O) groups excluding carboxylic acids is 2. The smallest absolute Gasteiger partial charge is 0.270 e. The van der Waals surface area contributed by atoms with Gasteiger partial charge in [0.25, 0.3) is 11.6 Å². The number of hydrogen-bond acceptors (Lipinski definition) is 5. The fourth-order valence-corrected chi connectivity index (χ4v) is 2.30. The minimum absolute atomic E-state index is 0.0826. The van der Waals surface area contributed by atoms with E-state index in [4.69, 9.17) is 16.3 Å². The van der Waals surface area contributed by atoms with Crippen LogP contribution in [-0.2, 0) is 4.79 Å². The maximum atomic E-state index is 12.3. The first-order chi connectivity index (χ1) is 12.3. The SMILES string of the molecule is COc1ccc(Cl)cc1NC(=O)C(C)NC(=O)c1cccc([N+](=O)[O-])c1. The standard InChI is InChI=1S/C17H16ClN3O5/c1-10(16(22)20-14-9-12(18)6-7-15(14)26-2)19-17(23)11-4-3-5-13(8-11)21(24)25/h3-10H,1-2H3,(H,19,23)(H,20,22). The van der Waals surface area contributed by atoms with E-state index in [0.29, 0.717) is 16.5 Å². The lowest BCUT2D eigenvalue weighted by Crippen LogP contribution is -2.41. The zero-order valence-electron chi connectivity index (χ0n) is 14.0. The van der Waals surface area contributed by atoms with Crippen molar-refractivity contribution < 1.29 is 19.2 Å². The third-order valence-electron chi connectivity index (χ3n) is 3.48. The lowest BCUT2D eigenvalue weighted by atomic mass is 10.1. The van der Waals surface area contributed by atoms with E-state index in [9.17, 15) is 19.7 Å². The number of hydrogen-bond donors (Lipinski definition) is 2. The Labute approximate surface area is 154 Å². The van der Waals surface area contributed by atoms with Gasteiger partial charge in [-0.3, -0.25) is 19.7 Å². The number of nitro groups is 1. The summed E-state index contributed by atoms with van der Waals surface area (Å²) in [6.45, 7) is 1.49. The average Bonchev–Trinajstić information content (AvgIpc) is 2.61. The number of benzene rings is 2. The monoisotopic (exact) mass is 377 g/mol. The maximum absolute atomic E-state index is 12.3. The zero-order chi connectivity index (χ0) is 19.3. The molecule has 9 heteroatoms. The molecule has 2 aromatic carbocycles. The van der Waals surface area contributed by atoms with E-state index >= 15 is 0 Å². The first kappa shape index (κ1) is 19.2. The number of ether oxygens (including phenoxy) is 1. The van der Waals surface area contributed by atoms with Crippen molar-refractivity contribution in [1.82, 2.24) is 5.32 Å². The van der Waals surface area contributed by atoms with Crippen LogP contribution in [0.25, 0.3) is 0 Å². The molecule has 1 atom stereocenters. The second-order valence-corrected chi connectivity index (χ2v) is 5.77. The highest BCUT2D eigenvalue weighted by molar-refractivity contribution is 6.31. The van der Waals surface area contributed by atoms with E-state index < -0.39 is 22.8 Å². The van der Waals surface area contributed by atoms with Crippen LogP contribution >= 0.6 is 11.6 Å². The lowest BCUT2D eigenvalue weighted by molar-refractivity contribution is -0.384. The van der Waals surface area contributed by atoms with Crippen molar-refractivity contribution in [1.29, 1.82) is 0 Å². The summed E-state index contributed by atoms with van der Waals surface area (Å²) < 4.78 is 5.14. The number of anilines is 1. The molecule has 8 nitrogen and oxygen atoms in total. The Hall–Kier alpha value is -3.13. The Bertz CT molecular complexity index is 856. The van der Waals surface area contributed by atoms with Crippen molar-refractivity contribution in [2.75, 3.05) is 12.4 Å². The van der Waals surface area contributed by atoms with Crippen molar-refractivity contribution in [2.24, 2.45) is 0 Å². The summed E-state index contributed by atoms with van der Waals surface area (Å²) in [5.41, 5.74) is 0.235. The summed E-state index contributed by atoms with van der Waals surface area (Å²) >= 11 is 5.91. The van der Waals surface area contributed by atoms with Gasteiger partial charge in [0.2, 0.25) is 5.91 Å². The summed E-state index contributed by atoms with van der Waals surface area (Å²) in [6.07, 6.45) is 0. The Morgan fingerprint density at radius 2 is 1.96 bits per heavy atom. The van der Waals surface area contributed by atoms with E-state index in [1.807, 2.05) is 0 Å². The molecule has 0 saturated carbocycles. The molecule has 0 aliphatic carbocycles. The molecule has 0 aromatic heterocycles. The van der Waals surface area contributed by atoms with Crippen molar-refractivity contribution in [3.05, 3.63) is 63.2 Å². The van der Waals surface area contributed by atoms with Crippen molar-refractivity contribution in [3.8, 4) is 5.75 Å². The molecular weight excluding hydrogens is 362 g/mol. The van der Waals surface area contributed by atoms with Crippen molar-refractivity contribution >= 4 is 34.8 Å². The number of carbonyl (C=O) groups is 2. The van der Waals surface area contributed by atoms with E-state index in [0.717, 1.165) is 6.07 Å². The number of nitro benzene ring substituents is 1. The molecule has 2 rings (SSSR count). The van der Waals surface area contributed by atoms with Gasteiger partial charge in [0.15, 0.2) is 0 Å². The number of nitrogens with zero attached hydrogens (tertiary/aromatic N) is 1. The van der Waals surface area contributed by atoms with E-state index in [1.165, 1.54) is 38.3 Å². The minimum atomic E-state index is -0.898. The van der Waals surface area contributed by atoms with Crippen LogP contribution < -0.4 is 15.4 Å². The topological polar surface area (TPSA) is 111 Å². The molecule has 0 fully saturated rings. The van der Waals surface area contributed by atoms with Crippen molar-refractivity contribution in [2.45, 2.75) is 13.0 Å². The molecule has 1 unspecified atom stereocenters. The van der Waals surface area contributed by atoms with Crippen LogP contribution in [0.3, 0.4) is 0 Å². The molecule has 0 aliphatic rings. The van der Waals surface area contributed by atoms with Gasteiger partial charge in [0, 0.05) is 22.7 Å². The number of rotatable bonds is 6. The van der Waals surface area contributed by atoms with Crippen molar-refractivity contribution in [3.63, 3.8) is 0 Å². The summed E-state index contributed by atoms with van der Waals surface area (Å²) in [5, 5.41) is 16.3.